The maximum absolute atomic E-state index is 6.18. The summed E-state index contributed by atoms with van der Waals surface area (Å²) in [6.07, 6.45) is 7.48. The van der Waals surface area contributed by atoms with Crippen LogP contribution in [0.25, 0.3) is 0 Å². The molecule has 10 heteroatoms. The van der Waals surface area contributed by atoms with E-state index in [9.17, 15) is 0 Å². The highest BCUT2D eigenvalue weighted by molar-refractivity contribution is 9.28. The molecular formula is C16H15Br2Cl4NO3. The Balaban J connectivity index is 2.38. The predicted octanol–water partition coefficient (Wildman–Crippen LogP) is 7.13. The molecule has 4 nitrogen and oxygen atoms in total. The number of hydrogen-bond acceptors (Lipinski definition) is 4. The van der Waals surface area contributed by atoms with Crippen LogP contribution in [-0.2, 0) is 4.84 Å². The average molecular weight is 571 g/mol. The first-order valence-corrected chi connectivity index (χ1v) is 10.3. The van der Waals surface area contributed by atoms with Gasteiger partial charge < -0.3 is 9.47 Å². The second-order valence-corrected chi connectivity index (χ2v) is 9.08. The fourth-order valence-electron chi connectivity index (χ4n) is 1.52. The van der Waals surface area contributed by atoms with E-state index in [1.165, 1.54) is 6.08 Å². The van der Waals surface area contributed by atoms with Gasteiger partial charge >= 0.3 is 0 Å². The van der Waals surface area contributed by atoms with Gasteiger partial charge in [-0.05, 0) is 44.0 Å². The number of rotatable bonds is 11. The Morgan fingerprint density at radius 1 is 1.04 bits per heavy atom. The van der Waals surface area contributed by atoms with E-state index >= 15 is 0 Å². The van der Waals surface area contributed by atoms with Crippen LogP contribution in [0, 0.1) is 0 Å². The molecule has 0 aliphatic rings. The molecule has 1 N–H and O–H groups in total. The van der Waals surface area contributed by atoms with E-state index in [0.717, 1.165) is 3.39 Å². The van der Waals surface area contributed by atoms with Gasteiger partial charge in [0.1, 0.15) is 16.8 Å². The maximum Gasteiger partial charge on any atom is 0.156 e. The van der Waals surface area contributed by atoms with Crippen molar-refractivity contribution in [3.05, 3.63) is 54.5 Å². The molecular weight excluding hydrogens is 556 g/mol. The third-order valence-electron chi connectivity index (χ3n) is 2.58. The molecule has 0 aliphatic heterocycles. The van der Waals surface area contributed by atoms with Crippen molar-refractivity contribution in [2.75, 3.05) is 19.8 Å². The molecule has 0 saturated heterocycles. The summed E-state index contributed by atoms with van der Waals surface area (Å²) in [5.41, 5.74) is 2.68. The van der Waals surface area contributed by atoms with Gasteiger partial charge in [-0.3, -0.25) is 10.3 Å². The number of hydroxylamine groups is 1. The molecule has 26 heavy (non-hydrogen) atoms. The predicted molar refractivity (Wildman–Crippen MR) is 116 cm³/mol. The van der Waals surface area contributed by atoms with Crippen LogP contribution in [-0.4, -0.2) is 19.8 Å². The quantitative estimate of drug-likeness (QED) is 0.227. The van der Waals surface area contributed by atoms with Gasteiger partial charge in [0.25, 0.3) is 0 Å². The number of benzene rings is 1. The topological polar surface area (TPSA) is 39.7 Å². The Morgan fingerprint density at radius 2 is 1.73 bits per heavy atom. The lowest BCUT2D eigenvalue weighted by Crippen LogP contribution is -2.06. The van der Waals surface area contributed by atoms with Gasteiger partial charge in [-0.25, -0.2) is 0 Å². The number of halogens is 6. The van der Waals surface area contributed by atoms with Gasteiger partial charge in [-0.2, -0.15) is 0 Å². The van der Waals surface area contributed by atoms with Gasteiger partial charge in [0.2, 0.25) is 0 Å². The Bertz CT molecular complexity index is 638. The smallest absolute Gasteiger partial charge is 0.156 e. The van der Waals surface area contributed by atoms with Crippen molar-refractivity contribution >= 4 is 78.3 Å². The first-order valence-electron chi connectivity index (χ1n) is 7.19. The molecule has 0 saturated carbocycles. The zero-order valence-electron chi connectivity index (χ0n) is 13.3. The van der Waals surface area contributed by atoms with Gasteiger partial charge in [0.05, 0.1) is 26.7 Å². The van der Waals surface area contributed by atoms with E-state index in [0.29, 0.717) is 41.2 Å². The van der Waals surface area contributed by atoms with E-state index in [1.54, 1.807) is 18.3 Å². The Labute approximate surface area is 189 Å². The van der Waals surface area contributed by atoms with Crippen LogP contribution in [0.1, 0.15) is 6.42 Å². The van der Waals surface area contributed by atoms with E-state index < -0.39 is 0 Å². The summed E-state index contributed by atoms with van der Waals surface area (Å²) in [6, 6.07) is 3.22. The van der Waals surface area contributed by atoms with Gasteiger partial charge in [-0.1, -0.05) is 52.5 Å². The van der Waals surface area contributed by atoms with E-state index in [1.807, 2.05) is 12.2 Å². The lowest BCUT2D eigenvalue weighted by atomic mass is 10.3. The Morgan fingerprint density at radius 3 is 2.35 bits per heavy atom. The number of ether oxygens (including phenoxy) is 2. The fraction of sp³-hybridized carbons (Fsp3) is 0.250. The normalized spacial score (nSPS) is 10.5. The summed E-state index contributed by atoms with van der Waals surface area (Å²) < 4.78 is 12.0. The molecule has 1 rings (SSSR count). The largest absolute Gasteiger partial charge is 0.490 e. The molecule has 0 spiro atoms. The van der Waals surface area contributed by atoms with Crippen LogP contribution in [0.5, 0.6) is 11.5 Å². The van der Waals surface area contributed by atoms with Crippen LogP contribution >= 0.6 is 78.3 Å². The third-order valence-corrected chi connectivity index (χ3v) is 4.10. The Kier molecular flexibility index (Phi) is 12.9. The summed E-state index contributed by atoms with van der Waals surface area (Å²) in [6.45, 7) is 1.02. The third kappa shape index (κ3) is 10.9. The minimum atomic E-state index is 0.127. The van der Waals surface area contributed by atoms with Gasteiger partial charge in [0.15, 0.2) is 5.75 Å². The molecule has 1 aromatic rings. The molecule has 1 aromatic carbocycles. The maximum atomic E-state index is 6.18. The molecule has 0 aromatic heterocycles. The van der Waals surface area contributed by atoms with Crippen LogP contribution in [0.4, 0.5) is 0 Å². The number of nitrogens with one attached hydrogen (secondary N) is 1. The highest BCUT2D eigenvalue weighted by Gasteiger charge is 2.10. The average Bonchev–Trinajstić information content (AvgIpc) is 2.54. The molecule has 0 radical (unpaired) electrons. The molecule has 0 aliphatic carbocycles. The summed E-state index contributed by atoms with van der Waals surface area (Å²) in [5.74, 6) is 0.889. The molecule has 0 amide bonds. The molecule has 0 unspecified atom stereocenters. The first kappa shape index (κ1) is 24.0. The van der Waals surface area contributed by atoms with Gasteiger partial charge in [-0.15, -0.1) is 0 Å². The van der Waals surface area contributed by atoms with E-state index in [2.05, 4.69) is 37.3 Å². The summed E-state index contributed by atoms with van der Waals surface area (Å²) >= 11 is 29.8. The minimum Gasteiger partial charge on any atom is -0.490 e. The summed E-state index contributed by atoms with van der Waals surface area (Å²) in [4.78, 5) is 5.12. The fourth-order valence-corrected chi connectivity index (χ4v) is 2.49. The Hall–Kier alpha value is -0.0800. The zero-order valence-corrected chi connectivity index (χ0v) is 19.5. The van der Waals surface area contributed by atoms with Crippen LogP contribution in [0.15, 0.2) is 44.4 Å². The zero-order chi connectivity index (χ0) is 19.4. The highest BCUT2D eigenvalue weighted by Crippen LogP contribution is 2.37. The van der Waals surface area contributed by atoms with E-state index in [4.69, 9.17) is 60.7 Å². The number of hydrogen-bond donors (Lipinski definition) is 1. The van der Waals surface area contributed by atoms with Crippen molar-refractivity contribution in [3.8, 4) is 11.5 Å². The monoisotopic (exact) mass is 567 g/mol. The first-order chi connectivity index (χ1) is 12.4. The summed E-state index contributed by atoms with van der Waals surface area (Å²) in [7, 11) is 0. The highest BCUT2D eigenvalue weighted by atomic mass is 79.9. The van der Waals surface area contributed by atoms with Crippen molar-refractivity contribution in [2.24, 2.45) is 0 Å². The van der Waals surface area contributed by atoms with E-state index in [-0.39, 0.29) is 11.1 Å². The van der Waals surface area contributed by atoms with Crippen LogP contribution in [0.2, 0.25) is 10.0 Å². The van der Waals surface area contributed by atoms with Crippen molar-refractivity contribution in [3.63, 3.8) is 0 Å². The minimum absolute atomic E-state index is 0.127. The van der Waals surface area contributed by atoms with Crippen LogP contribution in [0.3, 0.4) is 0 Å². The molecule has 144 valence electrons. The second kappa shape index (κ2) is 14.0. The standard InChI is InChI=1S/C16H15Br2Cl4NO3/c17-14(18)3-8-26-23-5-1-2-6-25-16-12(19)9-11(10-13(16)20)24-7-4-15(21)22/h1,3-5,9-10,23H,2,6-8H2. The van der Waals surface area contributed by atoms with Crippen molar-refractivity contribution in [2.45, 2.75) is 6.42 Å². The molecule has 0 fully saturated rings. The van der Waals surface area contributed by atoms with Gasteiger partial charge in [0, 0.05) is 24.8 Å². The SMILES string of the molecule is ClC(Cl)=CCOc1cc(Cl)c(OCCC=CNOCC=C(Br)Br)c(Cl)c1. The lowest BCUT2D eigenvalue weighted by Gasteiger charge is -2.11. The van der Waals surface area contributed by atoms with Crippen molar-refractivity contribution in [1.29, 1.82) is 0 Å². The lowest BCUT2D eigenvalue weighted by molar-refractivity contribution is 0.0953. The summed E-state index contributed by atoms with van der Waals surface area (Å²) in [5, 5.41) is 0.706. The molecule has 0 bridgehead atoms. The molecule has 0 heterocycles. The second-order valence-electron chi connectivity index (χ2n) is 4.48. The van der Waals surface area contributed by atoms with Crippen molar-refractivity contribution in [1.82, 2.24) is 5.48 Å². The van der Waals surface area contributed by atoms with Crippen molar-refractivity contribution < 1.29 is 14.3 Å². The van der Waals surface area contributed by atoms with Crippen LogP contribution < -0.4 is 15.0 Å². The molecule has 0 atom stereocenters.